The molecular weight excluding hydrogens is 472 g/mol. The number of anilines is 1. The summed E-state index contributed by atoms with van der Waals surface area (Å²) in [5.74, 6) is 0. The first-order valence-corrected chi connectivity index (χ1v) is 11.4. The molecule has 0 spiro atoms. The molecule has 0 bridgehead atoms. The molecule has 0 aliphatic heterocycles. The molecule has 0 radical (unpaired) electrons. The van der Waals surface area contributed by atoms with Crippen LogP contribution in [0.25, 0.3) is 0 Å². The summed E-state index contributed by atoms with van der Waals surface area (Å²) in [5.41, 5.74) is 2.07. The Morgan fingerprint density at radius 2 is 1.87 bits per heavy atom. The maximum atomic E-state index is 10.8. The SMILES string of the molecule is CCN(CCOCCCCCBr)c1ccc(N=Nc2ccc([N+](=O)[O-])cc2Cl)cc1. The predicted molar refractivity (Wildman–Crippen MR) is 125 cm³/mol. The number of alkyl halides is 1. The lowest BCUT2D eigenvalue weighted by Crippen LogP contribution is -2.27. The lowest BCUT2D eigenvalue weighted by atomic mass is 10.2. The molecule has 30 heavy (non-hydrogen) atoms. The van der Waals surface area contributed by atoms with Crippen molar-refractivity contribution in [1.29, 1.82) is 0 Å². The third-order valence-electron chi connectivity index (χ3n) is 4.44. The summed E-state index contributed by atoms with van der Waals surface area (Å²) in [6, 6.07) is 11.8. The van der Waals surface area contributed by atoms with Gasteiger partial charge < -0.3 is 9.64 Å². The van der Waals surface area contributed by atoms with E-state index in [9.17, 15) is 10.1 Å². The lowest BCUT2D eigenvalue weighted by Gasteiger charge is -2.23. The Morgan fingerprint density at radius 1 is 1.10 bits per heavy atom. The molecule has 0 aromatic heterocycles. The molecule has 7 nitrogen and oxygen atoms in total. The first-order chi connectivity index (χ1) is 14.5. The second-order valence-corrected chi connectivity index (χ2v) is 7.75. The molecule has 0 aliphatic carbocycles. The van der Waals surface area contributed by atoms with E-state index in [1.165, 1.54) is 31.0 Å². The number of ether oxygens (including phenoxy) is 1. The van der Waals surface area contributed by atoms with Crippen LogP contribution in [0.5, 0.6) is 0 Å². The van der Waals surface area contributed by atoms with Crippen LogP contribution >= 0.6 is 27.5 Å². The Labute approximate surface area is 190 Å². The largest absolute Gasteiger partial charge is 0.380 e. The highest BCUT2D eigenvalue weighted by atomic mass is 79.9. The van der Waals surface area contributed by atoms with Crippen LogP contribution in [0.3, 0.4) is 0 Å². The number of unbranched alkanes of at least 4 members (excludes halogenated alkanes) is 2. The quantitative estimate of drug-likeness (QED) is 0.0974. The zero-order valence-electron chi connectivity index (χ0n) is 17.0. The first kappa shape index (κ1) is 24.2. The molecule has 0 saturated heterocycles. The molecule has 0 heterocycles. The molecule has 2 rings (SSSR count). The van der Waals surface area contributed by atoms with Crippen LogP contribution in [0, 0.1) is 10.1 Å². The zero-order valence-corrected chi connectivity index (χ0v) is 19.3. The average molecular weight is 498 g/mol. The van der Waals surface area contributed by atoms with E-state index in [0.29, 0.717) is 18.0 Å². The number of azo groups is 1. The summed E-state index contributed by atoms with van der Waals surface area (Å²) in [6.45, 7) is 5.32. The van der Waals surface area contributed by atoms with Crippen molar-refractivity contribution in [3.63, 3.8) is 0 Å². The molecule has 0 unspecified atom stereocenters. The summed E-state index contributed by atoms with van der Waals surface area (Å²) in [6.07, 6.45) is 3.46. The second kappa shape index (κ2) is 13.3. The van der Waals surface area contributed by atoms with Gasteiger partial charge in [0.2, 0.25) is 0 Å². The van der Waals surface area contributed by atoms with Gasteiger partial charge in [0.05, 0.1) is 22.2 Å². The Balaban J connectivity index is 1.88. The number of nitro benzene ring substituents is 1. The third-order valence-corrected chi connectivity index (χ3v) is 5.30. The summed E-state index contributed by atoms with van der Waals surface area (Å²) >= 11 is 9.48. The van der Waals surface area contributed by atoms with Crippen LogP contribution in [0.15, 0.2) is 52.7 Å². The Bertz CT molecular complexity index is 834. The fraction of sp³-hybridized carbons (Fsp3) is 0.429. The number of hydrogen-bond donors (Lipinski definition) is 0. The number of nitro groups is 1. The van der Waals surface area contributed by atoms with E-state index in [1.807, 2.05) is 24.3 Å². The number of likely N-dealkylation sites (N-methyl/N-ethyl adjacent to an activating group) is 1. The minimum atomic E-state index is -0.499. The highest BCUT2D eigenvalue weighted by molar-refractivity contribution is 9.09. The standard InChI is InChI=1S/C21H26BrClN4O3/c1-2-26(13-15-30-14-5-3-4-12-22)18-8-6-17(7-9-18)24-25-21-11-10-19(27(28)29)16-20(21)23/h6-11,16H,2-5,12-15H2,1H3. The number of benzene rings is 2. The molecule has 0 N–H and O–H groups in total. The number of hydrogen-bond acceptors (Lipinski definition) is 6. The van der Waals surface area contributed by atoms with Gasteiger partial charge in [-0.2, -0.15) is 5.11 Å². The predicted octanol–water partition coefficient (Wildman–Crippen LogP) is 7.07. The molecule has 0 atom stereocenters. The van der Waals surface area contributed by atoms with Gasteiger partial charge in [0.25, 0.3) is 5.69 Å². The van der Waals surface area contributed by atoms with Gasteiger partial charge in [0, 0.05) is 42.8 Å². The van der Waals surface area contributed by atoms with Gasteiger partial charge in [-0.15, -0.1) is 5.11 Å². The van der Waals surface area contributed by atoms with E-state index in [-0.39, 0.29) is 10.7 Å². The van der Waals surface area contributed by atoms with E-state index in [0.717, 1.165) is 37.1 Å². The van der Waals surface area contributed by atoms with Gasteiger partial charge in [-0.25, -0.2) is 0 Å². The lowest BCUT2D eigenvalue weighted by molar-refractivity contribution is -0.384. The number of non-ortho nitro benzene ring substituents is 1. The van der Waals surface area contributed by atoms with E-state index < -0.39 is 4.92 Å². The zero-order chi connectivity index (χ0) is 21.8. The van der Waals surface area contributed by atoms with E-state index in [4.69, 9.17) is 16.3 Å². The molecular formula is C21H26BrClN4O3. The maximum absolute atomic E-state index is 10.8. The van der Waals surface area contributed by atoms with Gasteiger partial charge in [-0.3, -0.25) is 10.1 Å². The van der Waals surface area contributed by atoms with Crippen molar-refractivity contribution >= 4 is 50.3 Å². The van der Waals surface area contributed by atoms with Crippen molar-refractivity contribution in [3.05, 3.63) is 57.6 Å². The summed E-state index contributed by atoms with van der Waals surface area (Å²) < 4.78 is 5.73. The summed E-state index contributed by atoms with van der Waals surface area (Å²) in [7, 11) is 0. The number of halogens is 2. The molecule has 0 fully saturated rings. The third kappa shape index (κ3) is 8.01. The van der Waals surface area contributed by atoms with Gasteiger partial charge in [0.1, 0.15) is 5.69 Å². The van der Waals surface area contributed by atoms with Crippen molar-refractivity contribution in [1.82, 2.24) is 0 Å². The summed E-state index contributed by atoms with van der Waals surface area (Å²) in [4.78, 5) is 12.5. The molecule has 9 heteroatoms. The number of rotatable bonds is 13. The molecule has 2 aromatic carbocycles. The highest BCUT2D eigenvalue weighted by Crippen LogP contribution is 2.30. The minimum Gasteiger partial charge on any atom is -0.380 e. The fourth-order valence-corrected chi connectivity index (χ4v) is 3.36. The van der Waals surface area contributed by atoms with E-state index in [1.54, 1.807) is 0 Å². The highest BCUT2D eigenvalue weighted by Gasteiger charge is 2.09. The number of nitrogens with zero attached hydrogens (tertiary/aromatic N) is 4. The van der Waals surface area contributed by atoms with Crippen molar-refractivity contribution in [2.45, 2.75) is 26.2 Å². The summed E-state index contributed by atoms with van der Waals surface area (Å²) in [5, 5.41) is 20.3. The van der Waals surface area contributed by atoms with Crippen LogP contribution in [0.1, 0.15) is 26.2 Å². The average Bonchev–Trinajstić information content (AvgIpc) is 2.75. The van der Waals surface area contributed by atoms with Crippen LogP contribution in [-0.4, -0.2) is 36.6 Å². The van der Waals surface area contributed by atoms with Crippen LogP contribution in [0.2, 0.25) is 5.02 Å². The Morgan fingerprint density at radius 3 is 2.50 bits per heavy atom. The topological polar surface area (TPSA) is 80.3 Å². The van der Waals surface area contributed by atoms with E-state index >= 15 is 0 Å². The van der Waals surface area contributed by atoms with Crippen molar-refractivity contribution in [3.8, 4) is 0 Å². The molecule has 2 aromatic rings. The minimum absolute atomic E-state index is 0.0779. The molecule has 0 amide bonds. The van der Waals surface area contributed by atoms with Crippen molar-refractivity contribution < 1.29 is 9.66 Å². The molecule has 162 valence electrons. The maximum Gasteiger partial charge on any atom is 0.271 e. The van der Waals surface area contributed by atoms with Gasteiger partial charge in [0.15, 0.2) is 0 Å². The molecule has 0 saturated carbocycles. The fourth-order valence-electron chi connectivity index (χ4n) is 2.75. The van der Waals surface area contributed by atoms with E-state index in [2.05, 4.69) is 38.0 Å². The normalized spacial score (nSPS) is 11.2. The smallest absolute Gasteiger partial charge is 0.271 e. The van der Waals surface area contributed by atoms with Gasteiger partial charge in [-0.05, 0) is 50.1 Å². The van der Waals surface area contributed by atoms with Gasteiger partial charge in [-0.1, -0.05) is 34.0 Å². The van der Waals surface area contributed by atoms with Crippen LogP contribution < -0.4 is 4.90 Å². The van der Waals surface area contributed by atoms with Crippen molar-refractivity contribution in [2.75, 3.05) is 36.5 Å². The molecule has 0 aliphatic rings. The van der Waals surface area contributed by atoms with Crippen LogP contribution in [-0.2, 0) is 4.74 Å². The second-order valence-electron chi connectivity index (χ2n) is 6.55. The Kier molecular flexibility index (Phi) is 10.8. The Hall–Kier alpha value is -2.03. The first-order valence-electron chi connectivity index (χ1n) is 9.89. The van der Waals surface area contributed by atoms with Crippen LogP contribution in [0.4, 0.5) is 22.7 Å². The monoisotopic (exact) mass is 496 g/mol. The van der Waals surface area contributed by atoms with Crippen molar-refractivity contribution in [2.24, 2.45) is 10.2 Å². The van der Waals surface area contributed by atoms with Gasteiger partial charge >= 0.3 is 0 Å².